The van der Waals surface area contributed by atoms with Crippen LogP contribution in [-0.2, 0) is 13.9 Å². The summed E-state index contributed by atoms with van der Waals surface area (Å²) in [6.45, 7) is 11.1. The lowest BCUT2D eigenvalue weighted by Gasteiger charge is -2.43. The molecule has 0 radical (unpaired) electrons. The summed E-state index contributed by atoms with van der Waals surface area (Å²) in [6.07, 6.45) is 0.157. The minimum Gasteiger partial charge on any atom is -0.405 e. The number of rotatable bonds is 7. The molecular formula is C24H34O4Si. The fourth-order valence-electron chi connectivity index (χ4n) is 4.39. The molecule has 2 aromatic carbocycles. The Morgan fingerprint density at radius 1 is 0.897 bits per heavy atom. The quantitative estimate of drug-likeness (QED) is 0.705. The highest BCUT2D eigenvalue weighted by Gasteiger charge is 2.51. The lowest BCUT2D eigenvalue weighted by Crippen LogP contribution is -2.67. The van der Waals surface area contributed by atoms with Crippen LogP contribution >= 0.6 is 0 Å². The topological polar surface area (TPSA) is 47.9 Å². The SMILES string of the molecule is CC1(C)O[C@@H](CCO)[C@@H](CO[Si](c2ccccc2)(c2ccccc2)C(C)(C)C)O1. The lowest BCUT2D eigenvalue weighted by atomic mass is 10.1. The van der Waals surface area contributed by atoms with Crippen LogP contribution in [-0.4, -0.2) is 44.6 Å². The van der Waals surface area contributed by atoms with Gasteiger partial charge in [0, 0.05) is 6.61 Å². The molecule has 29 heavy (non-hydrogen) atoms. The number of aliphatic hydroxyl groups is 1. The molecule has 0 amide bonds. The third kappa shape index (κ3) is 4.65. The maximum absolute atomic E-state index is 9.46. The fraction of sp³-hybridized carbons (Fsp3) is 0.500. The summed E-state index contributed by atoms with van der Waals surface area (Å²) in [4.78, 5) is 0. The maximum atomic E-state index is 9.46. The van der Waals surface area contributed by atoms with Crippen molar-refractivity contribution in [2.24, 2.45) is 0 Å². The molecule has 5 heteroatoms. The van der Waals surface area contributed by atoms with Crippen LogP contribution in [0.4, 0.5) is 0 Å². The Kier molecular flexibility index (Phi) is 6.66. The van der Waals surface area contributed by atoms with Crippen LogP contribution in [0.1, 0.15) is 41.0 Å². The van der Waals surface area contributed by atoms with Crippen molar-refractivity contribution >= 4 is 18.7 Å². The molecule has 2 atom stereocenters. The van der Waals surface area contributed by atoms with E-state index in [9.17, 15) is 5.11 Å². The van der Waals surface area contributed by atoms with E-state index in [1.54, 1.807) is 0 Å². The number of ether oxygens (including phenoxy) is 2. The fourth-order valence-corrected chi connectivity index (χ4v) is 8.96. The summed E-state index contributed by atoms with van der Waals surface area (Å²) in [7, 11) is -2.61. The van der Waals surface area contributed by atoms with Crippen molar-refractivity contribution in [1.82, 2.24) is 0 Å². The Morgan fingerprint density at radius 3 is 1.83 bits per heavy atom. The molecule has 1 N–H and O–H groups in total. The maximum Gasteiger partial charge on any atom is 0.261 e. The average molecular weight is 415 g/mol. The zero-order chi connectivity index (χ0) is 21.1. The molecule has 1 heterocycles. The van der Waals surface area contributed by atoms with Crippen LogP contribution in [0.5, 0.6) is 0 Å². The minimum atomic E-state index is -2.61. The van der Waals surface area contributed by atoms with Gasteiger partial charge in [0.1, 0.15) is 6.10 Å². The van der Waals surface area contributed by atoms with Crippen LogP contribution in [0.25, 0.3) is 0 Å². The van der Waals surface area contributed by atoms with E-state index in [1.807, 2.05) is 26.0 Å². The second kappa shape index (κ2) is 8.70. The van der Waals surface area contributed by atoms with E-state index in [0.717, 1.165) is 0 Å². The Labute approximate surface area is 176 Å². The third-order valence-corrected chi connectivity index (χ3v) is 10.6. The Balaban J connectivity index is 2.00. The van der Waals surface area contributed by atoms with Gasteiger partial charge in [0.05, 0.1) is 12.7 Å². The molecule has 1 saturated heterocycles. The van der Waals surface area contributed by atoms with Crippen molar-refractivity contribution in [2.75, 3.05) is 13.2 Å². The first-order chi connectivity index (χ1) is 13.7. The highest BCUT2D eigenvalue weighted by Crippen LogP contribution is 2.38. The largest absolute Gasteiger partial charge is 0.405 e. The van der Waals surface area contributed by atoms with E-state index in [4.69, 9.17) is 13.9 Å². The van der Waals surface area contributed by atoms with Gasteiger partial charge in [-0.2, -0.15) is 0 Å². The van der Waals surface area contributed by atoms with Gasteiger partial charge in [0.2, 0.25) is 0 Å². The molecule has 0 aliphatic carbocycles. The van der Waals surface area contributed by atoms with Crippen LogP contribution in [0.15, 0.2) is 60.7 Å². The van der Waals surface area contributed by atoms with Gasteiger partial charge in [-0.25, -0.2) is 0 Å². The van der Waals surface area contributed by atoms with Crippen molar-refractivity contribution in [3.63, 3.8) is 0 Å². The third-order valence-electron chi connectivity index (χ3n) is 5.58. The zero-order valence-electron chi connectivity index (χ0n) is 18.2. The summed E-state index contributed by atoms with van der Waals surface area (Å²) in [6, 6.07) is 21.2. The predicted molar refractivity (Wildman–Crippen MR) is 119 cm³/mol. The molecule has 0 saturated carbocycles. The van der Waals surface area contributed by atoms with Gasteiger partial charge < -0.3 is 19.0 Å². The molecule has 0 unspecified atom stereocenters. The molecular weight excluding hydrogens is 380 g/mol. The van der Waals surface area contributed by atoms with E-state index >= 15 is 0 Å². The Morgan fingerprint density at radius 2 is 1.38 bits per heavy atom. The van der Waals surface area contributed by atoms with E-state index in [-0.39, 0.29) is 23.9 Å². The monoisotopic (exact) mass is 414 g/mol. The highest BCUT2D eigenvalue weighted by molar-refractivity contribution is 6.99. The summed E-state index contributed by atoms with van der Waals surface area (Å²) in [5, 5.41) is 11.9. The van der Waals surface area contributed by atoms with Crippen molar-refractivity contribution in [3.8, 4) is 0 Å². The smallest absolute Gasteiger partial charge is 0.261 e. The summed E-state index contributed by atoms with van der Waals surface area (Å²) < 4.78 is 19.1. The first-order valence-electron chi connectivity index (χ1n) is 10.4. The Bertz CT molecular complexity index is 731. The van der Waals surface area contributed by atoms with Crippen LogP contribution in [0, 0.1) is 0 Å². The summed E-state index contributed by atoms with van der Waals surface area (Å²) >= 11 is 0. The van der Waals surface area contributed by atoms with Gasteiger partial charge in [-0.15, -0.1) is 0 Å². The second-order valence-electron chi connectivity index (χ2n) is 9.20. The number of hydrogen-bond acceptors (Lipinski definition) is 4. The molecule has 1 fully saturated rings. The van der Waals surface area contributed by atoms with Gasteiger partial charge in [0.25, 0.3) is 8.32 Å². The van der Waals surface area contributed by atoms with Gasteiger partial charge in [-0.3, -0.25) is 0 Å². The van der Waals surface area contributed by atoms with E-state index in [1.165, 1.54) is 10.4 Å². The van der Waals surface area contributed by atoms with Crippen molar-refractivity contribution in [1.29, 1.82) is 0 Å². The second-order valence-corrected chi connectivity index (χ2v) is 13.5. The number of aliphatic hydroxyl groups excluding tert-OH is 1. The van der Waals surface area contributed by atoms with Gasteiger partial charge in [0.15, 0.2) is 5.79 Å². The molecule has 1 aliphatic heterocycles. The van der Waals surface area contributed by atoms with Crippen LogP contribution in [0.3, 0.4) is 0 Å². The standard InChI is InChI=1S/C24H34O4Si/c1-23(2,3)29(19-12-8-6-9-13-19,20-14-10-7-11-15-20)26-18-22-21(16-17-25)27-24(4,5)28-22/h6-15,21-22,25H,16-18H2,1-5H3/t21-,22+/m0/s1. The van der Waals surface area contributed by atoms with Gasteiger partial charge >= 0.3 is 0 Å². The Hall–Kier alpha value is -1.50. The number of hydrogen-bond donors (Lipinski definition) is 1. The lowest BCUT2D eigenvalue weighted by molar-refractivity contribution is -0.149. The van der Waals surface area contributed by atoms with E-state index < -0.39 is 14.1 Å². The van der Waals surface area contributed by atoms with Gasteiger partial charge in [-0.05, 0) is 35.7 Å². The average Bonchev–Trinajstić information content (AvgIpc) is 2.97. The molecule has 3 rings (SSSR count). The highest BCUT2D eigenvalue weighted by atomic mass is 28.4. The summed E-state index contributed by atoms with van der Waals surface area (Å²) in [5.74, 6) is -0.667. The molecule has 1 aliphatic rings. The van der Waals surface area contributed by atoms with Gasteiger partial charge in [-0.1, -0.05) is 81.4 Å². The molecule has 0 bridgehead atoms. The zero-order valence-corrected chi connectivity index (χ0v) is 19.2. The van der Waals surface area contributed by atoms with Crippen molar-refractivity contribution in [3.05, 3.63) is 60.7 Å². The first kappa shape index (κ1) is 22.2. The first-order valence-corrected chi connectivity index (χ1v) is 12.3. The molecule has 4 nitrogen and oxygen atoms in total. The van der Waals surface area contributed by atoms with Crippen LogP contribution < -0.4 is 10.4 Å². The van der Waals surface area contributed by atoms with Crippen LogP contribution in [0.2, 0.25) is 5.04 Å². The van der Waals surface area contributed by atoms with E-state index in [2.05, 4.69) is 69.3 Å². The molecule has 0 aromatic heterocycles. The molecule has 158 valence electrons. The normalized spacial score (nSPS) is 22.0. The van der Waals surface area contributed by atoms with E-state index in [0.29, 0.717) is 13.0 Å². The summed E-state index contributed by atoms with van der Waals surface area (Å²) in [5.41, 5.74) is 0. The molecule has 2 aromatic rings. The predicted octanol–water partition coefficient (Wildman–Crippen LogP) is 3.47. The van der Waals surface area contributed by atoms with Crippen molar-refractivity contribution in [2.45, 2.75) is 64.1 Å². The minimum absolute atomic E-state index is 0.0693. The molecule has 0 spiro atoms. The number of benzene rings is 2. The van der Waals surface area contributed by atoms with Crippen molar-refractivity contribution < 1.29 is 19.0 Å².